The molecule has 2 N–H and O–H groups in total. The van der Waals surface area contributed by atoms with E-state index >= 15 is 0 Å². The van der Waals surface area contributed by atoms with Gasteiger partial charge in [0.1, 0.15) is 26.2 Å². The molecule has 7 aromatic rings. The molecular formula is C68H78Br4N8. The highest BCUT2D eigenvalue weighted by Crippen LogP contribution is 2.38. The highest BCUT2D eigenvalue weighted by Gasteiger charge is 2.23. The molecule has 0 amide bonds. The number of aryl methyl sites for hydroxylation is 4. The van der Waals surface area contributed by atoms with Crippen LogP contribution < -0.4 is 86.2 Å². The second kappa shape index (κ2) is 33.7. The number of nitrogens with one attached hydrogen (secondary N) is 2. The van der Waals surface area contributed by atoms with Gasteiger partial charge in [-0.3, -0.25) is 0 Å². The zero-order valence-corrected chi connectivity index (χ0v) is 52.7. The molecule has 418 valence electrons. The van der Waals surface area contributed by atoms with Gasteiger partial charge in [0.05, 0.1) is 28.3 Å². The van der Waals surface area contributed by atoms with Gasteiger partial charge in [0.25, 0.3) is 0 Å². The maximum Gasteiger partial charge on any atom is 0.176 e. The molecule has 0 fully saturated rings. The standard InChI is InChI=1S/C68H78N8.4BrH/c1-5-9-13-17-21-41-73-45-25-29-53(49-73)65-57-33-35-59(69-57)66(54-30-26-46-74(50-54)42-22-18-14-10-6-2)61-37-39-63(71-61)68(56-32-28-48-76(52-56)44-24-20-16-12-8-4)64-40-38-62(72-64)67(60-36-34-58(65)70-60)55-31-27-47-75(51-55)43-23-19-15-11-7-3;;;;/h5-8,25-40,45-52,69-70H,1-4,9-24,41-44H2;4*1H/q+4;;;;/p-4. The molecule has 9 rings (SSSR count). The SMILES string of the molecule is C=CCCCCC[n+]1cccc(-c2c3nc(c(-c4ccc[n+](CCCCCC=C)c4)c4ccc([nH]4)c(-c4ccc[n+](CCCCCC=C)c4)c4ccc([nH]4)c(-c4ccc[n+](CCCCCC=C)c4)c4nc2C=C4)C=C3)c1.[Br-].[Br-].[Br-].[Br-]. The molecule has 2 aliphatic rings. The number of fused-ring (bicyclic) bond motifs is 8. The lowest BCUT2D eigenvalue weighted by molar-refractivity contribution is -0.697. The maximum absolute atomic E-state index is 5.65. The Morgan fingerprint density at radius 3 is 0.887 bits per heavy atom. The normalized spacial score (nSPS) is 11.2. The van der Waals surface area contributed by atoms with Crippen molar-refractivity contribution < 1.29 is 86.2 Å². The largest absolute Gasteiger partial charge is 1.00 e. The third-order valence-corrected chi connectivity index (χ3v) is 14.6. The first-order valence-electron chi connectivity index (χ1n) is 28.1. The van der Waals surface area contributed by atoms with E-state index < -0.39 is 0 Å². The van der Waals surface area contributed by atoms with Crippen molar-refractivity contribution in [3.05, 3.63) is 196 Å². The number of pyridine rings is 4. The van der Waals surface area contributed by atoms with E-state index in [-0.39, 0.29) is 67.9 Å². The Bertz CT molecular complexity index is 3250. The van der Waals surface area contributed by atoms with Crippen molar-refractivity contribution in [1.29, 1.82) is 0 Å². The molecule has 2 aliphatic heterocycles. The van der Waals surface area contributed by atoms with Crippen molar-refractivity contribution >= 4 is 46.4 Å². The lowest BCUT2D eigenvalue weighted by atomic mass is 10.0. The highest BCUT2D eigenvalue weighted by molar-refractivity contribution is 5.99. The maximum atomic E-state index is 5.65. The average molecular weight is 1330 g/mol. The van der Waals surface area contributed by atoms with Gasteiger partial charge in [-0.1, -0.05) is 24.3 Å². The topological polar surface area (TPSA) is 72.9 Å². The second-order valence-corrected chi connectivity index (χ2v) is 20.4. The highest BCUT2D eigenvalue weighted by atomic mass is 79.9. The number of aromatic amines is 2. The average Bonchev–Trinajstić information content (AvgIpc) is 4.33. The minimum Gasteiger partial charge on any atom is -1.00 e. The van der Waals surface area contributed by atoms with Crippen LogP contribution in [0, 0.1) is 0 Å². The Kier molecular flexibility index (Phi) is 27.4. The third kappa shape index (κ3) is 17.1. The van der Waals surface area contributed by atoms with Gasteiger partial charge in [0, 0.05) is 111 Å². The van der Waals surface area contributed by atoms with Crippen molar-refractivity contribution in [3.63, 3.8) is 0 Å². The van der Waals surface area contributed by atoms with Crippen molar-refractivity contribution in [2.24, 2.45) is 0 Å². The van der Waals surface area contributed by atoms with Crippen LogP contribution in [0.3, 0.4) is 0 Å². The van der Waals surface area contributed by atoms with E-state index in [4.69, 9.17) is 9.97 Å². The Morgan fingerprint density at radius 2 is 0.588 bits per heavy atom. The van der Waals surface area contributed by atoms with Crippen LogP contribution in [0.15, 0.2) is 173 Å². The third-order valence-electron chi connectivity index (χ3n) is 14.6. The van der Waals surface area contributed by atoms with Gasteiger partial charge < -0.3 is 77.9 Å². The van der Waals surface area contributed by atoms with E-state index in [1.54, 1.807) is 0 Å². The van der Waals surface area contributed by atoms with Gasteiger partial charge in [0.2, 0.25) is 0 Å². The van der Waals surface area contributed by atoms with Crippen LogP contribution in [-0.4, -0.2) is 19.9 Å². The van der Waals surface area contributed by atoms with Gasteiger partial charge in [-0.25, -0.2) is 28.2 Å². The molecule has 8 nitrogen and oxygen atoms in total. The van der Waals surface area contributed by atoms with E-state index in [0.29, 0.717) is 0 Å². The van der Waals surface area contributed by atoms with Crippen LogP contribution in [0.2, 0.25) is 0 Å². The summed E-state index contributed by atoms with van der Waals surface area (Å²) < 4.78 is 9.34. The molecule has 0 spiro atoms. The first-order chi connectivity index (χ1) is 37.5. The van der Waals surface area contributed by atoms with Gasteiger partial charge >= 0.3 is 0 Å². The molecule has 0 unspecified atom stereocenters. The fraction of sp³-hybridized carbons (Fsp3) is 0.294. The Hall–Kier alpha value is -5.92. The van der Waals surface area contributed by atoms with Crippen molar-refractivity contribution in [3.8, 4) is 44.5 Å². The summed E-state index contributed by atoms with van der Waals surface area (Å²) in [4.78, 5) is 19.3. The number of nitrogens with zero attached hydrogens (tertiary/aromatic N) is 6. The second-order valence-electron chi connectivity index (χ2n) is 20.4. The predicted octanol–water partition coefficient (Wildman–Crippen LogP) is 3.48. The zero-order chi connectivity index (χ0) is 52.3. The van der Waals surface area contributed by atoms with E-state index in [9.17, 15) is 0 Å². The molecule has 9 heterocycles. The Balaban J connectivity index is 0.00000294. The van der Waals surface area contributed by atoms with Crippen LogP contribution in [0.25, 0.3) is 90.9 Å². The van der Waals surface area contributed by atoms with E-state index in [2.05, 4.69) is 201 Å². The Morgan fingerprint density at radius 1 is 0.325 bits per heavy atom. The first-order valence-corrected chi connectivity index (χ1v) is 28.1. The Labute approximate surface area is 517 Å². The predicted molar refractivity (Wildman–Crippen MR) is 316 cm³/mol. The summed E-state index contributed by atoms with van der Waals surface area (Å²) in [7, 11) is 0. The molecule has 0 saturated carbocycles. The van der Waals surface area contributed by atoms with Gasteiger partial charge in [-0.15, -0.1) is 26.3 Å². The summed E-state index contributed by atoms with van der Waals surface area (Å²) in [6.07, 6.45) is 52.7. The molecule has 0 radical (unpaired) electrons. The lowest BCUT2D eigenvalue weighted by Gasteiger charge is -2.07. The number of halogens is 4. The number of allylic oxidation sites excluding steroid dienone is 4. The monoisotopic (exact) mass is 1320 g/mol. The van der Waals surface area contributed by atoms with Crippen LogP contribution in [0.4, 0.5) is 0 Å². The minimum absolute atomic E-state index is 0. The first kappa shape index (κ1) is 64.9. The number of unbranched alkanes of at least 4 members (excludes halogenated alkanes) is 12. The summed E-state index contributed by atoms with van der Waals surface area (Å²) in [5.41, 5.74) is 16.2. The molecule has 7 aromatic heterocycles. The summed E-state index contributed by atoms with van der Waals surface area (Å²) >= 11 is 0. The zero-order valence-electron chi connectivity index (χ0n) is 46.3. The molecule has 0 atom stereocenters. The summed E-state index contributed by atoms with van der Waals surface area (Å²) in [6, 6.07) is 26.6. The summed E-state index contributed by atoms with van der Waals surface area (Å²) in [6.45, 7) is 19.5. The van der Waals surface area contributed by atoms with Crippen molar-refractivity contribution in [2.75, 3.05) is 0 Å². The van der Waals surface area contributed by atoms with E-state index in [1.165, 1.54) is 0 Å². The summed E-state index contributed by atoms with van der Waals surface area (Å²) in [5, 5.41) is 0. The fourth-order valence-corrected chi connectivity index (χ4v) is 10.7. The van der Waals surface area contributed by atoms with E-state index in [0.717, 1.165) is 218 Å². The number of aromatic nitrogens is 8. The summed E-state index contributed by atoms with van der Waals surface area (Å²) in [5.74, 6) is 0. The van der Waals surface area contributed by atoms with Gasteiger partial charge in [0.15, 0.2) is 49.6 Å². The molecule has 80 heavy (non-hydrogen) atoms. The number of hydrogen-bond acceptors (Lipinski definition) is 2. The van der Waals surface area contributed by atoms with Crippen LogP contribution in [0.5, 0.6) is 0 Å². The van der Waals surface area contributed by atoms with Crippen LogP contribution >= 0.6 is 0 Å². The lowest BCUT2D eigenvalue weighted by Crippen LogP contribution is -3.00. The van der Waals surface area contributed by atoms with Crippen LogP contribution in [-0.2, 0) is 26.2 Å². The molecule has 0 aromatic carbocycles. The fourth-order valence-electron chi connectivity index (χ4n) is 10.7. The van der Waals surface area contributed by atoms with Crippen molar-refractivity contribution in [1.82, 2.24) is 19.9 Å². The molecular weight excluding hydrogens is 1250 g/mol. The van der Waals surface area contributed by atoms with Gasteiger partial charge in [-0.2, -0.15) is 0 Å². The molecule has 8 bridgehead atoms. The van der Waals surface area contributed by atoms with E-state index in [1.807, 2.05) is 24.3 Å². The van der Waals surface area contributed by atoms with Crippen LogP contribution in [0.1, 0.15) is 126 Å². The van der Waals surface area contributed by atoms with Crippen molar-refractivity contribution in [2.45, 2.75) is 129 Å². The quantitative estimate of drug-likeness (QED) is 0.0449. The number of hydrogen-bond donors (Lipinski definition) is 2. The molecule has 12 heteroatoms. The number of H-pyrrole nitrogens is 2. The van der Waals surface area contributed by atoms with Gasteiger partial charge in [-0.05, 0) is 150 Å². The smallest absolute Gasteiger partial charge is 0.176 e. The minimum atomic E-state index is 0. The number of rotatable bonds is 28. The molecule has 0 aliphatic carbocycles. The molecule has 0 saturated heterocycles.